The molecule has 136 valence electrons. The molecule has 0 saturated carbocycles. The lowest BCUT2D eigenvalue weighted by atomic mass is 9.99. The molecule has 2 amide bonds. The molecule has 3 N–H and O–H groups in total. The Labute approximate surface area is 150 Å². The molecule has 7 heteroatoms. The van der Waals surface area contributed by atoms with Crippen LogP contribution in [0.15, 0.2) is 24.4 Å². The molecule has 1 saturated heterocycles. The highest BCUT2D eigenvalue weighted by atomic mass is 19.1. The molecule has 2 aliphatic rings. The summed E-state index contributed by atoms with van der Waals surface area (Å²) in [7, 11) is 0. The number of anilines is 1. The number of amides is 2. The number of aromatic nitrogens is 1. The molecule has 0 spiro atoms. The molecule has 2 aliphatic heterocycles. The molecule has 0 bridgehead atoms. The van der Waals surface area contributed by atoms with E-state index in [1.165, 1.54) is 12.3 Å². The van der Waals surface area contributed by atoms with Gasteiger partial charge in [0.25, 0.3) is 11.8 Å². The first-order chi connectivity index (χ1) is 12.6. The normalized spacial score (nSPS) is 16.4. The first kappa shape index (κ1) is 16.8. The maximum Gasteiger partial charge on any atom is 0.270 e. The fourth-order valence-electron chi connectivity index (χ4n) is 3.56. The summed E-state index contributed by atoms with van der Waals surface area (Å²) in [5, 5.41) is 5.82. The lowest BCUT2D eigenvalue weighted by Crippen LogP contribution is -2.27. The van der Waals surface area contributed by atoms with Crippen LogP contribution in [-0.2, 0) is 13.0 Å². The second-order valence-electron chi connectivity index (χ2n) is 6.75. The SMILES string of the molecule is O=C(Nc1ccc2c(c1F)CCNC2)c1c[nH]c(C(=O)N2CCCC2)c1. The van der Waals surface area contributed by atoms with Crippen LogP contribution in [-0.4, -0.2) is 41.3 Å². The van der Waals surface area contributed by atoms with Crippen molar-refractivity contribution in [2.75, 3.05) is 25.0 Å². The molecule has 3 heterocycles. The van der Waals surface area contributed by atoms with Crippen molar-refractivity contribution in [3.8, 4) is 0 Å². The van der Waals surface area contributed by atoms with Gasteiger partial charge < -0.3 is 20.5 Å². The fraction of sp³-hybridized carbons (Fsp3) is 0.368. The van der Waals surface area contributed by atoms with Crippen LogP contribution in [0, 0.1) is 5.82 Å². The van der Waals surface area contributed by atoms with E-state index < -0.39 is 5.91 Å². The minimum absolute atomic E-state index is 0.103. The van der Waals surface area contributed by atoms with Crippen molar-refractivity contribution in [1.82, 2.24) is 15.2 Å². The number of carbonyl (C=O) groups excluding carboxylic acids is 2. The summed E-state index contributed by atoms with van der Waals surface area (Å²) in [6, 6.07) is 4.94. The number of nitrogens with zero attached hydrogens (tertiary/aromatic N) is 1. The number of rotatable bonds is 3. The Bertz CT molecular complexity index is 855. The standard InChI is InChI=1S/C19H21FN4O2/c20-17-14-5-6-21-10-12(14)3-4-15(17)23-18(25)13-9-16(22-11-13)19(26)24-7-1-2-8-24/h3-4,9,11,21-22H,1-2,5-8,10H2,(H,23,25). The third kappa shape index (κ3) is 3.10. The third-order valence-corrected chi connectivity index (χ3v) is 5.02. The number of halogens is 1. The number of fused-ring (bicyclic) bond motifs is 1. The van der Waals surface area contributed by atoms with Crippen LogP contribution in [0.3, 0.4) is 0 Å². The van der Waals surface area contributed by atoms with E-state index in [4.69, 9.17) is 0 Å². The minimum atomic E-state index is -0.436. The quantitative estimate of drug-likeness (QED) is 0.790. The number of benzene rings is 1. The molecule has 0 aliphatic carbocycles. The van der Waals surface area contributed by atoms with E-state index in [2.05, 4.69) is 15.6 Å². The van der Waals surface area contributed by atoms with Crippen molar-refractivity contribution in [2.45, 2.75) is 25.8 Å². The molecule has 6 nitrogen and oxygen atoms in total. The highest BCUT2D eigenvalue weighted by molar-refractivity contribution is 6.06. The van der Waals surface area contributed by atoms with Crippen molar-refractivity contribution in [3.05, 3.63) is 52.6 Å². The van der Waals surface area contributed by atoms with Crippen molar-refractivity contribution in [2.24, 2.45) is 0 Å². The predicted octanol–water partition coefficient (Wildman–Crippen LogP) is 2.29. The summed E-state index contributed by atoms with van der Waals surface area (Å²) in [5.74, 6) is -0.912. The summed E-state index contributed by atoms with van der Waals surface area (Å²) in [6.45, 7) is 2.85. The molecular formula is C19H21FN4O2. The van der Waals surface area contributed by atoms with E-state index in [1.807, 2.05) is 6.07 Å². The second kappa shape index (κ2) is 6.92. The number of carbonyl (C=O) groups is 2. The molecule has 4 rings (SSSR count). The highest BCUT2D eigenvalue weighted by Crippen LogP contribution is 2.25. The van der Waals surface area contributed by atoms with Gasteiger partial charge >= 0.3 is 0 Å². The number of hydrogen-bond acceptors (Lipinski definition) is 3. The lowest BCUT2D eigenvalue weighted by molar-refractivity contribution is 0.0787. The molecule has 1 aromatic carbocycles. The Morgan fingerprint density at radius 3 is 2.81 bits per heavy atom. The Hall–Kier alpha value is -2.67. The van der Waals surface area contributed by atoms with Gasteiger partial charge in [0, 0.05) is 25.8 Å². The van der Waals surface area contributed by atoms with Crippen molar-refractivity contribution >= 4 is 17.5 Å². The van der Waals surface area contributed by atoms with Crippen LogP contribution in [0.2, 0.25) is 0 Å². The van der Waals surface area contributed by atoms with Crippen molar-refractivity contribution in [3.63, 3.8) is 0 Å². The van der Waals surface area contributed by atoms with E-state index in [0.717, 1.165) is 38.0 Å². The van der Waals surface area contributed by atoms with Crippen LogP contribution in [0.4, 0.5) is 10.1 Å². The van der Waals surface area contributed by atoms with Gasteiger partial charge in [0.1, 0.15) is 11.5 Å². The van der Waals surface area contributed by atoms with Crippen LogP contribution >= 0.6 is 0 Å². The summed E-state index contributed by atoms with van der Waals surface area (Å²) < 4.78 is 14.7. The maximum atomic E-state index is 14.7. The van der Waals surface area contributed by atoms with Gasteiger partial charge in [-0.1, -0.05) is 6.07 Å². The monoisotopic (exact) mass is 356 g/mol. The van der Waals surface area contributed by atoms with Gasteiger partial charge in [-0.2, -0.15) is 0 Å². The predicted molar refractivity (Wildman–Crippen MR) is 95.7 cm³/mol. The Morgan fingerprint density at radius 1 is 1.19 bits per heavy atom. The van der Waals surface area contributed by atoms with E-state index in [0.29, 0.717) is 29.8 Å². The summed E-state index contributed by atoms with van der Waals surface area (Å²) in [6.07, 6.45) is 4.10. The van der Waals surface area contributed by atoms with E-state index in [1.54, 1.807) is 11.0 Å². The topological polar surface area (TPSA) is 77.2 Å². The first-order valence-electron chi connectivity index (χ1n) is 8.93. The molecular weight excluding hydrogens is 335 g/mol. The van der Waals surface area contributed by atoms with Crippen LogP contribution in [0.1, 0.15) is 44.8 Å². The molecule has 26 heavy (non-hydrogen) atoms. The molecule has 0 unspecified atom stereocenters. The highest BCUT2D eigenvalue weighted by Gasteiger charge is 2.22. The number of H-pyrrole nitrogens is 1. The Morgan fingerprint density at radius 2 is 2.00 bits per heavy atom. The summed E-state index contributed by atoms with van der Waals surface area (Å²) in [4.78, 5) is 29.4. The van der Waals surface area contributed by atoms with Gasteiger partial charge in [0.15, 0.2) is 0 Å². The minimum Gasteiger partial charge on any atom is -0.356 e. The lowest BCUT2D eigenvalue weighted by Gasteiger charge is -2.19. The van der Waals surface area contributed by atoms with Crippen LogP contribution < -0.4 is 10.6 Å². The number of likely N-dealkylation sites (tertiary alicyclic amines) is 1. The maximum absolute atomic E-state index is 14.7. The first-order valence-corrected chi connectivity index (χ1v) is 8.93. The van der Waals surface area contributed by atoms with Gasteiger partial charge in [-0.25, -0.2) is 4.39 Å². The average Bonchev–Trinajstić information content (AvgIpc) is 3.36. The Balaban J connectivity index is 1.49. The molecule has 1 aromatic heterocycles. The zero-order valence-electron chi connectivity index (χ0n) is 14.4. The van der Waals surface area contributed by atoms with Gasteiger partial charge in [-0.15, -0.1) is 0 Å². The molecule has 2 aromatic rings. The third-order valence-electron chi connectivity index (χ3n) is 5.02. The second-order valence-corrected chi connectivity index (χ2v) is 6.75. The zero-order valence-corrected chi connectivity index (χ0v) is 14.4. The van der Waals surface area contributed by atoms with Gasteiger partial charge in [0.2, 0.25) is 0 Å². The van der Waals surface area contributed by atoms with Gasteiger partial charge in [0.05, 0.1) is 11.3 Å². The molecule has 0 radical (unpaired) electrons. The largest absolute Gasteiger partial charge is 0.356 e. The van der Waals surface area contributed by atoms with E-state index >= 15 is 0 Å². The van der Waals surface area contributed by atoms with Crippen molar-refractivity contribution < 1.29 is 14.0 Å². The smallest absolute Gasteiger partial charge is 0.270 e. The average molecular weight is 356 g/mol. The van der Waals surface area contributed by atoms with Crippen molar-refractivity contribution in [1.29, 1.82) is 0 Å². The fourth-order valence-corrected chi connectivity index (χ4v) is 3.56. The number of nitrogens with one attached hydrogen (secondary N) is 3. The zero-order chi connectivity index (χ0) is 18.1. The van der Waals surface area contributed by atoms with Gasteiger partial charge in [-0.3, -0.25) is 9.59 Å². The number of hydrogen-bond donors (Lipinski definition) is 3. The van der Waals surface area contributed by atoms with Crippen LogP contribution in [0.5, 0.6) is 0 Å². The van der Waals surface area contributed by atoms with E-state index in [9.17, 15) is 14.0 Å². The molecule has 0 atom stereocenters. The van der Waals surface area contributed by atoms with Crippen LogP contribution in [0.25, 0.3) is 0 Å². The molecule has 1 fully saturated rings. The summed E-state index contributed by atoms with van der Waals surface area (Å²) >= 11 is 0. The number of aromatic amines is 1. The van der Waals surface area contributed by atoms with Gasteiger partial charge in [-0.05, 0) is 49.1 Å². The summed E-state index contributed by atoms with van der Waals surface area (Å²) in [5.41, 5.74) is 2.44. The Kier molecular flexibility index (Phi) is 4.46. The van der Waals surface area contributed by atoms with E-state index in [-0.39, 0.29) is 17.4 Å².